The van der Waals surface area contributed by atoms with E-state index in [0.717, 1.165) is 16.7 Å². The SMILES string of the molecule is CCOC(=O)C1=C(CN2CCN(C(=O)NC(C)C)C(C)C2)N(C)C(=O)NC1c1ccc(C)cc1C. The van der Waals surface area contributed by atoms with E-state index < -0.39 is 12.0 Å². The fraction of sp³-hybridized carbons (Fsp3) is 0.577. The summed E-state index contributed by atoms with van der Waals surface area (Å²) < 4.78 is 5.45. The average molecular weight is 486 g/mol. The van der Waals surface area contributed by atoms with Crippen molar-refractivity contribution in [2.45, 2.75) is 59.7 Å². The van der Waals surface area contributed by atoms with E-state index in [0.29, 0.717) is 37.4 Å². The molecule has 192 valence electrons. The number of benzene rings is 1. The largest absolute Gasteiger partial charge is 0.463 e. The summed E-state index contributed by atoms with van der Waals surface area (Å²) in [6.07, 6.45) is 0. The second-order valence-corrected chi connectivity index (χ2v) is 9.76. The first-order chi connectivity index (χ1) is 16.5. The first-order valence-corrected chi connectivity index (χ1v) is 12.3. The Kier molecular flexibility index (Phi) is 8.43. The lowest BCUT2D eigenvalue weighted by Crippen LogP contribution is -2.58. The predicted octanol–water partition coefficient (Wildman–Crippen LogP) is 2.94. The van der Waals surface area contributed by atoms with Gasteiger partial charge in [0, 0.05) is 51.0 Å². The molecule has 2 unspecified atom stereocenters. The average Bonchev–Trinajstić information content (AvgIpc) is 2.76. The normalized spacial score (nSPS) is 21.3. The van der Waals surface area contributed by atoms with E-state index in [1.165, 1.54) is 4.90 Å². The van der Waals surface area contributed by atoms with Crippen molar-refractivity contribution >= 4 is 18.0 Å². The monoisotopic (exact) mass is 485 g/mol. The molecule has 2 aliphatic heterocycles. The minimum Gasteiger partial charge on any atom is -0.463 e. The van der Waals surface area contributed by atoms with Gasteiger partial charge in [0.2, 0.25) is 0 Å². The van der Waals surface area contributed by atoms with E-state index in [1.54, 1.807) is 14.0 Å². The van der Waals surface area contributed by atoms with Crippen molar-refractivity contribution in [3.05, 3.63) is 46.2 Å². The first kappa shape index (κ1) is 26.5. The molecule has 0 spiro atoms. The first-order valence-electron chi connectivity index (χ1n) is 12.3. The Bertz CT molecular complexity index is 1010. The van der Waals surface area contributed by atoms with Crippen LogP contribution < -0.4 is 10.6 Å². The van der Waals surface area contributed by atoms with Gasteiger partial charge in [-0.3, -0.25) is 9.80 Å². The zero-order valence-corrected chi connectivity index (χ0v) is 22.0. The summed E-state index contributed by atoms with van der Waals surface area (Å²) in [5.41, 5.74) is 4.07. The molecule has 2 N–H and O–H groups in total. The molecule has 1 fully saturated rings. The van der Waals surface area contributed by atoms with Crippen LogP contribution in [0.3, 0.4) is 0 Å². The minimum absolute atomic E-state index is 0.00740. The number of nitrogens with one attached hydrogen (secondary N) is 2. The van der Waals surface area contributed by atoms with Crippen molar-refractivity contribution < 1.29 is 19.1 Å². The maximum absolute atomic E-state index is 13.2. The van der Waals surface area contributed by atoms with Gasteiger partial charge in [0.25, 0.3) is 0 Å². The van der Waals surface area contributed by atoms with Gasteiger partial charge < -0.3 is 20.3 Å². The van der Waals surface area contributed by atoms with Crippen LogP contribution >= 0.6 is 0 Å². The van der Waals surface area contributed by atoms with E-state index in [9.17, 15) is 14.4 Å². The van der Waals surface area contributed by atoms with Crippen LogP contribution in [0.4, 0.5) is 9.59 Å². The minimum atomic E-state index is -0.594. The van der Waals surface area contributed by atoms with E-state index in [4.69, 9.17) is 4.74 Å². The number of urea groups is 2. The van der Waals surface area contributed by atoms with E-state index in [1.807, 2.05) is 57.7 Å². The number of esters is 1. The quantitative estimate of drug-likeness (QED) is 0.605. The lowest BCUT2D eigenvalue weighted by atomic mass is 9.90. The highest BCUT2D eigenvalue weighted by Crippen LogP contribution is 2.33. The van der Waals surface area contributed by atoms with Crippen LogP contribution in [0.15, 0.2) is 29.5 Å². The molecule has 0 aromatic heterocycles. The number of likely N-dealkylation sites (N-methyl/N-ethyl adjacent to an activating group) is 1. The summed E-state index contributed by atoms with van der Waals surface area (Å²) >= 11 is 0. The Labute approximate surface area is 208 Å². The fourth-order valence-electron chi connectivity index (χ4n) is 4.80. The van der Waals surface area contributed by atoms with E-state index in [2.05, 4.69) is 15.5 Å². The highest BCUT2D eigenvalue weighted by molar-refractivity contribution is 5.95. The van der Waals surface area contributed by atoms with Gasteiger partial charge in [0.05, 0.1) is 18.2 Å². The van der Waals surface area contributed by atoms with Gasteiger partial charge in [-0.1, -0.05) is 23.8 Å². The van der Waals surface area contributed by atoms with Crippen LogP contribution in [-0.2, 0) is 9.53 Å². The fourth-order valence-corrected chi connectivity index (χ4v) is 4.80. The molecule has 35 heavy (non-hydrogen) atoms. The Balaban J connectivity index is 1.93. The zero-order chi connectivity index (χ0) is 25.9. The molecule has 3 rings (SSSR count). The summed E-state index contributed by atoms with van der Waals surface area (Å²) in [6, 6.07) is 5.14. The van der Waals surface area contributed by atoms with Crippen LogP contribution in [0.5, 0.6) is 0 Å². The topological polar surface area (TPSA) is 94.2 Å². The Morgan fingerprint density at radius 3 is 2.54 bits per heavy atom. The zero-order valence-electron chi connectivity index (χ0n) is 22.0. The van der Waals surface area contributed by atoms with Crippen LogP contribution in [0.2, 0.25) is 0 Å². The second-order valence-electron chi connectivity index (χ2n) is 9.76. The van der Waals surface area contributed by atoms with Gasteiger partial charge in [-0.2, -0.15) is 0 Å². The van der Waals surface area contributed by atoms with Crippen molar-refractivity contribution in [1.29, 1.82) is 0 Å². The molecule has 1 aromatic rings. The van der Waals surface area contributed by atoms with Gasteiger partial charge in [0.15, 0.2) is 0 Å². The number of piperazine rings is 1. The lowest BCUT2D eigenvalue weighted by molar-refractivity contribution is -0.139. The van der Waals surface area contributed by atoms with Crippen molar-refractivity contribution in [3.63, 3.8) is 0 Å². The van der Waals surface area contributed by atoms with Gasteiger partial charge in [-0.25, -0.2) is 14.4 Å². The maximum atomic E-state index is 13.2. The third-order valence-electron chi connectivity index (χ3n) is 6.57. The number of hydrogen-bond acceptors (Lipinski definition) is 5. The molecular weight excluding hydrogens is 446 g/mol. The smallest absolute Gasteiger partial charge is 0.338 e. The molecule has 2 aliphatic rings. The van der Waals surface area contributed by atoms with E-state index in [-0.39, 0.29) is 30.8 Å². The van der Waals surface area contributed by atoms with Gasteiger partial charge >= 0.3 is 18.0 Å². The molecule has 0 radical (unpaired) electrons. The highest BCUT2D eigenvalue weighted by Gasteiger charge is 2.39. The van der Waals surface area contributed by atoms with Gasteiger partial charge in [-0.05, 0) is 52.7 Å². The molecule has 1 saturated heterocycles. The number of rotatable bonds is 6. The van der Waals surface area contributed by atoms with Gasteiger partial charge in [0.1, 0.15) is 0 Å². The third-order valence-corrected chi connectivity index (χ3v) is 6.57. The Hall–Kier alpha value is -3.07. The molecule has 0 bridgehead atoms. The Morgan fingerprint density at radius 1 is 1.23 bits per heavy atom. The molecule has 0 aliphatic carbocycles. The number of carbonyl (C=O) groups excluding carboxylic acids is 3. The molecule has 2 atom stereocenters. The van der Waals surface area contributed by atoms with Crippen molar-refractivity contribution in [1.82, 2.24) is 25.3 Å². The molecular formula is C26H39N5O4. The van der Waals surface area contributed by atoms with Crippen molar-refractivity contribution in [2.24, 2.45) is 0 Å². The summed E-state index contributed by atoms with van der Waals surface area (Å²) in [7, 11) is 1.68. The molecule has 4 amide bonds. The number of ether oxygens (including phenoxy) is 1. The number of aryl methyl sites for hydroxylation is 2. The summed E-state index contributed by atoms with van der Waals surface area (Å²) in [5, 5.41) is 5.95. The standard InChI is InChI=1S/C26H39N5O4/c1-8-35-24(32)22-21(15-30-11-12-31(19(6)14-30)26(34)27-16(2)3)29(7)25(33)28-23(22)20-10-9-17(4)13-18(20)5/h9-10,13,16,19,23H,8,11-12,14-15H2,1-7H3,(H,27,34)(H,28,33). The lowest BCUT2D eigenvalue weighted by Gasteiger charge is -2.42. The van der Waals surface area contributed by atoms with Crippen molar-refractivity contribution in [2.75, 3.05) is 39.8 Å². The van der Waals surface area contributed by atoms with Crippen LogP contribution in [-0.4, -0.2) is 84.6 Å². The Morgan fingerprint density at radius 2 is 1.94 bits per heavy atom. The van der Waals surface area contributed by atoms with Gasteiger partial charge in [-0.15, -0.1) is 0 Å². The summed E-state index contributed by atoms with van der Waals surface area (Å²) in [6.45, 7) is 14.2. The summed E-state index contributed by atoms with van der Waals surface area (Å²) in [4.78, 5) is 44.3. The second kappa shape index (κ2) is 11.1. The van der Waals surface area contributed by atoms with Crippen LogP contribution in [0, 0.1) is 13.8 Å². The number of hydrogen-bond donors (Lipinski definition) is 2. The van der Waals surface area contributed by atoms with Crippen LogP contribution in [0.1, 0.15) is 50.4 Å². The molecule has 2 heterocycles. The molecule has 9 heteroatoms. The number of carbonyl (C=O) groups is 3. The molecule has 9 nitrogen and oxygen atoms in total. The number of amides is 4. The highest BCUT2D eigenvalue weighted by atomic mass is 16.5. The summed E-state index contributed by atoms with van der Waals surface area (Å²) in [5.74, 6) is -0.428. The maximum Gasteiger partial charge on any atom is 0.338 e. The third kappa shape index (κ3) is 5.96. The molecule has 1 aromatic carbocycles. The molecule has 0 saturated carbocycles. The van der Waals surface area contributed by atoms with E-state index >= 15 is 0 Å². The van der Waals surface area contributed by atoms with Crippen molar-refractivity contribution in [3.8, 4) is 0 Å². The number of nitrogens with zero attached hydrogens (tertiary/aromatic N) is 3. The van der Waals surface area contributed by atoms with Crippen LogP contribution in [0.25, 0.3) is 0 Å². The predicted molar refractivity (Wildman–Crippen MR) is 135 cm³/mol.